The molecule has 0 aliphatic rings. The smallest absolute Gasteiger partial charge is 0.144 e. The van der Waals surface area contributed by atoms with Gasteiger partial charge in [-0.05, 0) is 30.3 Å². The maximum Gasteiger partial charge on any atom is 0.144 e. The number of halogens is 1. The molecule has 0 aliphatic heterocycles. The Kier molecular flexibility index (Phi) is 3.79. The molecule has 4 rings (SSSR count). The summed E-state index contributed by atoms with van der Waals surface area (Å²) in [6.07, 6.45) is 5.41. The number of hydrogen-bond donors (Lipinski definition) is 1. The molecule has 0 saturated carbocycles. The number of fused-ring (bicyclic) bond motifs is 1. The largest absolute Gasteiger partial charge is 0.384 e. The van der Waals surface area contributed by atoms with E-state index in [4.69, 9.17) is 5.73 Å². The Labute approximate surface area is 136 Å². The van der Waals surface area contributed by atoms with Crippen molar-refractivity contribution < 1.29 is 0 Å². The third-order valence-electron chi connectivity index (χ3n) is 3.27. The monoisotopic (exact) mass is 329 g/mol. The van der Waals surface area contributed by atoms with Crippen LogP contribution >= 0.6 is 23.7 Å². The number of anilines is 1. The third-order valence-corrected chi connectivity index (χ3v) is 4.06. The van der Waals surface area contributed by atoms with Crippen molar-refractivity contribution in [2.24, 2.45) is 0 Å². The van der Waals surface area contributed by atoms with E-state index in [1.807, 2.05) is 40.5 Å². The molecule has 0 bridgehead atoms. The summed E-state index contributed by atoms with van der Waals surface area (Å²) in [5, 5.41) is 0. The molecule has 4 aromatic rings. The Morgan fingerprint density at radius 2 is 1.91 bits per heavy atom. The van der Waals surface area contributed by atoms with Crippen molar-refractivity contribution in [3.05, 3.63) is 54.4 Å². The molecule has 0 aliphatic carbocycles. The standard InChI is InChI=1S/C15H11N5S.ClH/c16-14-7-10(3-4-17-14)15-18-5-6-20(15)11-1-2-12-13(8-11)21-9-19-12;/h1-9H,(H2,16,17);1H. The topological polar surface area (TPSA) is 69.6 Å². The molecule has 0 radical (unpaired) electrons. The van der Waals surface area contributed by atoms with Crippen LogP contribution < -0.4 is 5.73 Å². The molecule has 0 spiro atoms. The van der Waals surface area contributed by atoms with Crippen LogP contribution in [0.2, 0.25) is 0 Å². The first-order valence-electron chi connectivity index (χ1n) is 6.40. The van der Waals surface area contributed by atoms with Crippen LogP contribution in [-0.2, 0) is 0 Å². The molecular formula is C15H12ClN5S. The van der Waals surface area contributed by atoms with Crippen molar-refractivity contribution in [3.8, 4) is 17.1 Å². The van der Waals surface area contributed by atoms with Crippen LogP contribution in [0.4, 0.5) is 5.82 Å². The minimum atomic E-state index is 0. The minimum Gasteiger partial charge on any atom is -0.384 e. The van der Waals surface area contributed by atoms with Gasteiger partial charge in [0.15, 0.2) is 0 Å². The zero-order valence-corrected chi connectivity index (χ0v) is 13.0. The quantitative estimate of drug-likeness (QED) is 0.610. The van der Waals surface area contributed by atoms with Crippen LogP contribution in [0, 0.1) is 0 Å². The van der Waals surface area contributed by atoms with Gasteiger partial charge in [-0.3, -0.25) is 4.57 Å². The SMILES string of the molecule is Cl.Nc1cc(-c2nccn2-c2ccc3ncsc3c2)ccn1. The number of hydrogen-bond acceptors (Lipinski definition) is 5. The summed E-state index contributed by atoms with van der Waals surface area (Å²) in [6.45, 7) is 0. The van der Waals surface area contributed by atoms with Gasteiger partial charge in [-0.2, -0.15) is 0 Å². The number of pyridine rings is 1. The number of thiazole rings is 1. The van der Waals surface area contributed by atoms with Gasteiger partial charge in [-0.25, -0.2) is 15.0 Å². The number of rotatable bonds is 2. The number of benzene rings is 1. The van der Waals surface area contributed by atoms with Gasteiger partial charge in [0, 0.05) is 29.8 Å². The maximum atomic E-state index is 5.76. The Morgan fingerprint density at radius 1 is 1.00 bits per heavy atom. The second kappa shape index (κ2) is 5.75. The molecular weight excluding hydrogens is 318 g/mol. The first-order valence-corrected chi connectivity index (χ1v) is 7.28. The molecule has 3 heterocycles. The average Bonchev–Trinajstić information content (AvgIpc) is 3.15. The normalized spacial score (nSPS) is 10.5. The van der Waals surface area contributed by atoms with Gasteiger partial charge in [0.25, 0.3) is 0 Å². The fourth-order valence-electron chi connectivity index (χ4n) is 2.31. The van der Waals surface area contributed by atoms with E-state index in [2.05, 4.69) is 21.0 Å². The van der Waals surface area contributed by atoms with E-state index in [9.17, 15) is 0 Å². The van der Waals surface area contributed by atoms with Crippen LogP contribution in [-0.4, -0.2) is 19.5 Å². The highest BCUT2D eigenvalue weighted by Crippen LogP contribution is 2.25. The molecule has 2 N–H and O–H groups in total. The summed E-state index contributed by atoms with van der Waals surface area (Å²) in [4.78, 5) is 12.8. The first-order chi connectivity index (χ1) is 10.3. The van der Waals surface area contributed by atoms with E-state index in [1.54, 1.807) is 23.7 Å². The summed E-state index contributed by atoms with van der Waals surface area (Å²) in [5.41, 5.74) is 10.6. The van der Waals surface area contributed by atoms with Crippen LogP contribution in [0.1, 0.15) is 0 Å². The molecule has 110 valence electrons. The molecule has 22 heavy (non-hydrogen) atoms. The van der Waals surface area contributed by atoms with Gasteiger partial charge in [-0.15, -0.1) is 23.7 Å². The maximum absolute atomic E-state index is 5.76. The lowest BCUT2D eigenvalue weighted by molar-refractivity contribution is 1.07. The van der Waals surface area contributed by atoms with Crippen molar-refractivity contribution >= 4 is 39.8 Å². The van der Waals surface area contributed by atoms with E-state index >= 15 is 0 Å². The molecule has 5 nitrogen and oxygen atoms in total. The number of nitrogens with zero attached hydrogens (tertiary/aromatic N) is 4. The lowest BCUT2D eigenvalue weighted by Gasteiger charge is -2.08. The van der Waals surface area contributed by atoms with Crippen LogP contribution in [0.3, 0.4) is 0 Å². The van der Waals surface area contributed by atoms with Crippen molar-refractivity contribution in [2.75, 3.05) is 5.73 Å². The molecule has 7 heteroatoms. The highest BCUT2D eigenvalue weighted by molar-refractivity contribution is 7.16. The molecule has 0 amide bonds. The van der Waals surface area contributed by atoms with E-state index in [1.165, 1.54) is 0 Å². The zero-order chi connectivity index (χ0) is 14.2. The number of nitrogen functional groups attached to an aromatic ring is 1. The highest BCUT2D eigenvalue weighted by atomic mass is 35.5. The van der Waals surface area contributed by atoms with Crippen LogP contribution in [0.15, 0.2) is 54.4 Å². The number of nitrogens with two attached hydrogens (primary N) is 1. The fraction of sp³-hybridized carbons (Fsp3) is 0. The first kappa shape index (κ1) is 14.5. The van der Waals surface area contributed by atoms with Crippen molar-refractivity contribution in [1.82, 2.24) is 19.5 Å². The summed E-state index contributed by atoms with van der Waals surface area (Å²) in [5.74, 6) is 1.33. The van der Waals surface area contributed by atoms with E-state index < -0.39 is 0 Å². The van der Waals surface area contributed by atoms with Crippen molar-refractivity contribution in [3.63, 3.8) is 0 Å². The number of imidazole rings is 1. The summed E-state index contributed by atoms with van der Waals surface area (Å²) in [7, 11) is 0. The molecule has 3 aromatic heterocycles. The predicted octanol–water partition coefficient (Wildman–Crippen LogP) is 3.55. The minimum absolute atomic E-state index is 0. The van der Waals surface area contributed by atoms with Crippen LogP contribution in [0.5, 0.6) is 0 Å². The Morgan fingerprint density at radius 3 is 2.77 bits per heavy atom. The Hall–Kier alpha value is -2.44. The molecule has 0 saturated heterocycles. The molecule has 0 unspecified atom stereocenters. The molecule has 1 aromatic carbocycles. The average molecular weight is 330 g/mol. The van der Waals surface area contributed by atoms with Gasteiger partial charge in [-0.1, -0.05) is 0 Å². The van der Waals surface area contributed by atoms with E-state index in [0.717, 1.165) is 27.3 Å². The second-order valence-corrected chi connectivity index (χ2v) is 5.48. The Balaban J connectivity index is 0.00000144. The summed E-state index contributed by atoms with van der Waals surface area (Å²) in [6, 6.07) is 9.90. The summed E-state index contributed by atoms with van der Waals surface area (Å²) >= 11 is 1.63. The van der Waals surface area contributed by atoms with Crippen molar-refractivity contribution in [1.29, 1.82) is 0 Å². The lowest BCUT2D eigenvalue weighted by atomic mass is 10.2. The van der Waals surface area contributed by atoms with Crippen molar-refractivity contribution in [2.45, 2.75) is 0 Å². The predicted molar refractivity (Wildman–Crippen MR) is 91.6 cm³/mol. The van der Waals surface area contributed by atoms with E-state index in [0.29, 0.717) is 5.82 Å². The van der Waals surface area contributed by atoms with Crippen LogP contribution in [0.25, 0.3) is 27.3 Å². The van der Waals surface area contributed by atoms with E-state index in [-0.39, 0.29) is 12.4 Å². The third kappa shape index (κ3) is 2.43. The highest BCUT2D eigenvalue weighted by Gasteiger charge is 2.09. The van der Waals surface area contributed by atoms with Gasteiger partial charge in [0.2, 0.25) is 0 Å². The number of aromatic nitrogens is 4. The molecule has 0 fully saturated rings. The van der Waals surface area contributed by atoms with Gasteiger partial charge < -0.3 is 5.73 Å². The fourth-order valence-corrected chi connectivity index (χ4v) is 3.02. The van der Waals surface area contributed by atoms with Gasteiger partial charge in [0.05, 0.1) is 15.7 Å². The molecule has 0 atom stereocenters. The Bertz CT molecular complexity index is 930. The summed E-state index contributed by atoms with van der Waals surface area (Å²) < 4.78 is 3.19. The van der Waals surface area contributed by atoms with Gasteiger partial charge in [0.1, 0.15) is 11.6 Å². The second-order valence-electron chi connectivity index (χ2n) is 4.59. The lowest BCUT2D eigenvalue weighted by Crippen LogP contribution is -1.97. The zero-order valence-electron chi connectivity index (χ0n) is 11.4. The van der Waals surface area contributed by atoms with Gasteiger partial charge >= 0.3 is 0 Å².